The van der Waals surface area contributed by atoms with E-state index in [9.17, 15) is 9.00 Å². The van der Waals surface area contributed by atoms with Crippen molar-refractivity contribution in [3.63, 3.8) is 0 Å². The van der Waals surface area contributed by atoms with Crippen LogP contribution in [-0.2, 0) is 40.5 Å². The molecule has 1 aromatic heterocycles. The van der Waals surface area contributed by atoms with Crippen molar-refractivity contribution < 1.29 is 18.5 Å². The van der Waals surface area contributed by atoms with E-state index in [2.05, 4.69) is 20.8 Å². The van der Waals surface area contributed by atoms with Crippen LogP contribution in [0.15, 0.2) is 21.5 Å². The van der Waals surface area contributed by atoms with Gasteiger partial charge in [0, 0.05) is 18.7 Å². The second kappa shape index (κ2) is 7.36. The molecular formula is C20H25N5O4S. The largest absolute Gasteiger partial charge is 0.475 e. The molecule has 2 heterocycles. The highest BCUT2D eigenvalue weighted by atomic mass is 32.2. The number of anilines is 1. The van der Waals surface area contributed by atoms with Crippen LogP contribution >= 0.6 is 0 Å². The summed E-state index contributed by atoms with van der Waals surface area (Å²) in [6, 6.07) is 1.56. The van der Waals surface area contributed by atoms with Gasteiger partial charge in [0.05, 0.1) is 19.3 Å². The number of hydrogen-bond acceptors (Lipinski definition) is 5. The lowest BCUT2D eigenvalue weighted by atomic mass is 9.94. The Kier molecular flexibility index (Phi) is 4.79. The van der Waals surface area contributed by atoms with Gasteiger partial charge in [0.15, 0.2) is 9.92 Å². The third kappa shape index (κ3) is 3.19. The lowest BCUT2D eigenvalue weighted by Crippen LogP contribution is -2.19. The summed E-state index contributed by atoms with van der Waals surface area (Å²) in [5.74, 6) is 0.543. The number of ether oxygens (including phenoxy) is 2. The smallest absolute Gasteiger partial charge is 0.354 e. The predicted molar refractivity (Wildman–Crippen MR) is 111 cm³/mol. The van der Waals surface area contributed by atoms with Crippen LogP contribution in [-0.4, -0.2) is 40.3 Å². The molecule has 9 nitrogen and oxygen atoms in total. The summed E-state index contributed by atoms with van der Waals surface area (Å²) in [6.07, 6.45) is 6.27. The molecule has 10 heteroatoms. The fourth-order valence-electron chi connectivity index (χ4n) is 4.87. The van der Waals surface area contributed by atoms with Gasteiger partial charge in [-0.2, -0.15) is 5.10 Å². The van der Waals surface area contributed by atoms with Gasteiger partial charge in [0.1, 0.15) is 11.5 Å². The van der Waals surface area contributed by atoms with Crippen molar-refractivity contribution >= 4 is 21.6 Å². The van der Waals surface area contributed by atoms with Crippen molar-refractivity contribution in [2.45, 2.75) is 49.5 Å². The minimum absolute atomic E-state index is 0.149. The lowest BCUT2D eigenvalue weighted by Gasteiger charge is -2.19. The van der Waals surface area contributed by atoms with Crippen molar-refractivity contribution in [1.82, 2.24) is 9.78 Å². The van der Waals surface area contributed by atoms with E-state index in [1.54, 1.807) is 11.8 Å². The first-order chi connectivity index (χ1) is 14.5. The minimum Gasteiger partial charge on any atom is -0.475 e. The maximum absolute atomic E-state index is 13.0. The number of amides is 2. The van der Waals surface area contributed by atoms with Gasteiger partial charge in [-0.15, -0.1) is 4.36 Å². The van der Waals surface area contributed by atoms with Crippen LogP contribution in [0.4, 0.5) is 10.5 Å². The number of urea groups is 1. The summed E-state index contributed by atoms with van der Waals surface area (Å²) >= 11 is 0. The molecule has 2 aliphatic carbocycles. The third-order valence-electron chi connectivity index (χ3n) is 6.13. The van der Waals surface area contributed by atoms with Crippen molar-refractivity contribution in [3.8, 4) is 5.88 Å². The zero-order valence-electron chi connectivity index (χ0n) is 16.8. The molecule has 0 fully saturated rings. The van der Waals surface area contributed by atoms with Crippen molar-refractivity contribution in [2.24, 2.45) is 9.50 Å². The topological polar surface area (TPSA) is 121 Å². The van der Waals surface area contributed by atoms with E-state index in [1.807, 2.05) is 0 Å². The number of nitrogens with zero attached hydrogens (tertiary/aromatic N) is 3. The molecule has 3 aliphatic rings. The fourth-order valence-corrected chi connectivity index (χ4v) is 5.88. The minimum atomic E-state index is -3.48. The Hall–Kier alpha value is -2.43. The highest BCUT2D eigenvalue weighted by Gasteiger charge is 2.31. The number of rotatable bonds is 4. The molecule has 1 aliphatic heterocycles. The highest BCUT2D eigenvalue weighted by Crippen LogP contribution is 2.44. The molecule has 1 unspecified atom stereocenters. The van der Waals surface area contributed by atoms with E-state index in [1.165, 1.54) is 17.3 Å². The number of aryl methyl sites for hydroxylation is 2. The van der Waals surface area contributed by atoms with Crippen molar-refractivity contribution in [2.75, 3.05) is 25.6 Å². The van der Waals surface area contributed by atoms with Gasteiger partial charge in [-0.3, -0.25) is 0 Å². The summed E-state index contributed by atoms with van der Waals surface area (Å²) in [5, 5.41) is 13.0. The monoisotopic (exact) mass is 431 g/mol. The van der Waals surface area contributed by atoms with Crippen LogP contribution in [0.2, 0.25) is 0 Å². The Morgan fingerprint density at radius 3 is 3.13 bits per heavy atom. The standard InChI is InChI=1S/C20H25N5O4S/c1-28-11-14-6-5-13-9-12-3-2-4-15(12)18(17(13)14)23-20(26)24-30(21,27)16-10-22-25-7-8-29-19(16)25/h9-10,14H,2-8,11H2,1H3,(H3,21,23,24,26,27)/t14-,30?/m0/s1. The second-order valence-corrected chi connectivity index (χ2v) is 9.74. The van der Waals surface area contributed by atoms with Crippen molar-refractivity contribution in [1.29, 1.82) is 0 Å². The van der Waals surface area contributed by atoms with Crippen LogP contribution in [0.25, 0.3) is 0 Å². The number of hydrogen-bond donors (Lipinski definition) is 2. The van der Waals surface area contributed by atoms with Gasteiger partial charge in [0.25, 0.3) is 0 Å². The Labute approximate surface area is 175 Å². The van der Waals surface area contributed by atoms with E-state index < -0.39 is 15.9 Å². The number of aromatic nitrogens is 2. The second-order valence-electron chi connectivity index (χ2n) is 7.98. The number of carbonyl (C=O) groups is 1. The van der Waals surface area contributed by atoms with E-state index in [-0.39, 0.29) is 10.8 Å². The predicted octanol–water partition coefficient (Wildman–Crippen LogP) is 2.37. The summed E-state index contributed by atoms with van der Waals surface area (Å²) in [4.78, 5) is 13.0. The molecule has 30 heavy (non-hydrogen) atoms. The SMILES string of the molecule is COC[C@@H]1CCc2cc3c(c(NC(=O)N=S(N)(=O)c4cnn5c4OCC5)c21)CCC3. The summed E-state index contributed by atoms with van der Waals surface area (Å²) < 4.78 is 29.3. The molecule has 0 saturated carbocycles. The van der Waals surface area contributed by atoms with Crippen molar-refractivity contribution in [3.05, 3.63) is 34.5 Å². The number of benzene rings is 1. The van der Waals surface area contributed by atoms with Crippen LogP contribution in [0.1, 0.15) is 41.0 Å². The molecule has 160 valence electrons. The highest BCUT2D eigenvalue weighted by molar-refractivity contribution is 7.91. The zero-order valence-corrected chi connectivity index (χ0v) is 17.7. The van der Waals surface area contributed by atoms with Gasteiger partial charge >= 0.3 is 6.03 Å². The van der Waals surface area contributed by atoms with Crippen LogP contribution < -0.4 is 15.2 Å². The van der Waals surface area contributed by atoms with E-state index in [4.69, 9.17) is 14.6 Å². The van der Waals surface area contributed by atoms with E-state index in [0.29, 0.717) is 25.6 Å². The normalized spacial score (nSPS) is 20.8. The van der Waals surface area contributed by atoms with Gasteiger partial charge in [-0.05, 0) is 54.4 Å². The fraction of sp³-hybridized carbons (Fsp3) is 0.500. The summed E-state index contributed by atoms with van der Waals surface area (Å²) in [6.45, 7) is 1.58. The average molecular weight is 432 g/mol. The summed E-state index contributed by atoms with van der Waals surface area (Å²) in [7, 11) is -1.79. The lowest BCUT2D eigenvalue weighted by molar-refractivity contribution is 0.179. The van der Waals surface area contributed by atoms with Crippen LogP contribution in [0.3, 0.4) is 0 Å². The molecule has 3 N–H and O–H groups in total. The Bertz CT molecular complexity index is 1150. The number of carbonyl (C=O) groups excluding carboxylic acids is 1. The average Bonchev–Trinajstić information content (AvgIpc) is 3.45. The number of fused-ring (bicyclic) bond motifs is 3. The molecule has 0 radical (unpaired) electrons. The van der Waals surface area contributed by atoms with Gasteiger partial charge in [-0.25, -0.2) is 18.8 Å². The van der Waals surface area contributed by atoms with E-state index >= 15 is 0 Å². The van der Waals surface area contributed by atoms with Crippen LogP contribution in [0, 0.1) is 0 Å². The van der Waals surface area contributed by atoms with Gasteiger partial charge in [0.2, 0.25) is 5.88 Å². The molecule has 2 atom stereocenters. The first-order valence-corrected chi connectivity index (χ1v) is 11.8. The maximum atomic E-state index is 13.0. The molecule has 0 spiro atoms. The first-order valence-electron chi connectivity index (χ1n) is 10.2. The Morgan fingerprint density at radius 2 is 2.30 bits per heavy atom. The summed E-state index contributed by atoms with van der Waals surface area (Å²) in [5.41, 5.74) is 5.61. The number of nitrogens with one attached hydrogen (secondary N) is 1. The molecule has 2 amide bonds. The molecule has 2 aromatic rings. The van der Waals surface area contributed by atoms with Gasteiger partial charge in [-0.1, -0.05) is 6.07 Å². The Morgan fingerprint density at radius 1 is 1.43 bits per heavy atom. The van der Waals surface area contributed by atoms with Crippen LogP contribution in [0.5, 0.6) is 5.88 Å². The molecule has 0 saturated heterocycles. The molecule has 5 rings (SSSR count). The van der Waals surface area contributed by atoms with Gasteiger partial charge < -0.3 is 14.8 Å². The maximum Gasteiger partial charge on any atom is 0.354 e. The van der Waals surface area contributed by atoms with E-state index in [0.717, 1.165) is 48.9 Å². The molecular weight excluding hydrogens is 406 g/mol. The molecule has 1 aromatic carbocycles. The third-order valence-corrected chi connectivity index (χ3v) is 7.48. The first kappa shape index (κ1) is 19.5. The number of nitrogens with two attached hydrogens (primary N) is 1. The molecule has 0 bridgehead atoms. The zero-order chi connectivity index (χ0) is 20.9. The Balaban J connectivity index is 1.51. The number of methoxy groups -OCH3 is 1. The quantitative estimate of drug-likeness (QED) is 0.770.